The van der Waals surface area contributed by atoms with Crippen LogP contribution in [0.3, 0.4) is 0 Å². The van der Waals surface area contributed by atoms with E-state index in [1.165, 1.54) is 0 Å². The van der Waals surface area contributed by atoms with Crippen LogP contribution in [0.5, 0.6) is 0 Å². The van der Waals surface area contributed by atoms with Crippen LogP contribution in [0.2, 0.25) is 0 Å². The summed E-state index contributed by atoms with van der Waals surface area (Å²) in [5, 5.41) is 11.8. The van der Waals surface area contributed by atoms with Gasteiger partial charge in [-0.25, -0.2) is 0 Å². The maximum atomic E-state index is 10.8. The summed E-state index contributed by atoms with van der Waals surface area (Å²) in [6.07, 6.45) is 2.96. The van der Waals surface area contributed by atoms with Gasteiger partial charge in [0.05, 0.1) is 0 Å². The molecule has 0 bridgehead atoms. The predicted molar refractivity (Wildman–Crippen MR) is 57.9 cm³/mol. The maximum absolute atomic E-state index is 10.8. The third-order valence-electron chi connectivity index (χ3n) is 2.03. The Balaban J connectivity index is 3.84. The molecule has 0 aliphatic carbocycles. The summed E-state index contributed by atoms with van der Waals surface area (Å²) in [6, 6.07) is -0.393. The molecule has 0 amide bonds. The normalized spacial score (nSPS) is 17.4. The molecule has 0 fully saturated rings. The lowest BCUT2D eigenvalue weighted by Gasteiger charge is -2.18. The molecule has 0 heterocycles. The van der Waals surface area contributed by atoms with Gasteiger partial charge in [0.2, 0.25) is 0 Å². The second kappa shape index (κ2) is 6.95. The molecule has 2 N–H and O–H groups in total. The molecule has 0 rings (SSSR count). The first-order valence-electron chi connectivity index (χ1n) is 4.76. The molecule has 0 aliphatic heterocycles. The van der Waals surface area contributed by atoms with Crippen molar-refractivity contribution < 1.29 is 14.1 Å². The second-order valence-corrected chi connectivity index (χ2v) is 4.99. The number of rotatable bonds is 7. The van der Waals surface area contributed by atoms with Crippen molar-refractivity contribution in [2.45, 2.75) is 38.8 Å². The number of aliphatic carboxylic acids is 1. The van der Waals surface area contributed by atoms with E-state index in [1.807, 2.05) is 13.8 Å². The van der Waals surface area contributed by atoms with Gasteiger partial charge in [0, 0.05) is 28.9 Å². The fourth-order valence-corrected chi connectivity index (χ4v) is 1.82. The third kappa shape index (κ3) is 6.10. The molecular formula is C9H19NO3S. The van der Waals surface area contributed by atoms with E-state index in [9.17, 15) is 9.00 Å². The van der Waals surface area contributed by atoms with Crippen molar-refractivity contribution in [2.75, 3.05) is 12.0 Å². The van der Waals surface area contributed by atoms with Gasteiger partial charge in [-0.15, -0.1) is 0 Å². The van der Waals surface area contributed by atoms with Gasteiger partial charge in [-0.2, -0.15) is 0 Å². The Morgan fingerprint density at radius 3 is 2.50 bits per heavy atom. The van der Waals surface area contributed by atoms with Gasteiger partial charge in [-0.3, -0.25) is 9.00 Å². The first kappa shape index (κ1) is 13.6. The third-order valence-corrected chi connectivity index (χ3v) is 2.84. The van der Waals surface area contributed by atoms with E-state index in [2.05, 4.69) is 5.32 Å². The Hall–Kier alpha value is -0.420. The first-order valence-corrected chi connectivity index (χ1v) is 6.49. The molecule has 0 saturated carbocycles. The van der Waals surface area contributed by atoms with E-state index in [0.29, 0.717) is 12.2 Å². The summed E-state index contributed by atoms with van der Waals surface area (Å²) in [5.74, 6) is -0.207. The van der Waals surface area contributed by atoms with Gasteiger partial charge in [-0.05, 0) is 19.8 Å². The minimum Gasteiger partial charge on any atom is -0.480 e. The monoisotopic (exact) mass is 221 g/mol. The van der Waals surface area contributed by atoms with Crippen molar-refractivity contribution in [3.63, 3.8) is 0 Å². The fourth-order valence-electron chi connectivity index (χ4n) is 1.13. The summed E-state index contributed by atoms with van der Waals surface area (Å²) >= 11 is 0. The Kier molecular flexibility index (Phi) is 6.74. The number of carboxylic acid groups (broad SMARTS) is 1. The largest absolute Gasteiger partial charge is 0.480 e. The summed E-state index contributed by atoms with van der Waals surface area (Å²) in [6.45, 7) is 3.74. The molecule has 0 aliphatic rings. The van der Waals surface area contributed by atoms with E-state index in [4.69, 9.17) is 5.11 Å². The molecule has 3 unspecified atom stereocenters. The van der Waals surface area contributed by atoms with Crippen LogP contribution in [0.15, 0.2) is 0 Å². The molecule has 0 aromatic rings. The minimum absolute atomic E-state index is 0.0972. The van der Waals surface area contributed by atoms with Gasteiger partial charge >= 0.3 is 5.97 Å². The Morgan fingerprint density at radius 2 is 2.14 bits per heavy atom. The highest BCUT2D eigenvalue weighted by molar-refractivity contribution is 7.84. The molecule has 0 aromatic carbocycles. The van der Waals surface area contributed by atoms with Crippen LogP contribution in [0.25, 0.3) is 0 Å². The van der Waals surface area contributed by atoms with E-state index in [0.717, 1.165) is 6.42 Å². The lowest BCUT2D eigenvalue weighted by atomic mass is 10.2. The molecule has 0 spiro atoms. The summed E-state index contributed by atoms with van der Waals surface area (Å²) in [5.41, 5.74) is 0. The molecule has 0 saturated heterocycles. The summed E-state index contributed by atoms with van der Waals surface area (Å²) in [7, 11) is -0.801. The number of carboxylic acids is 1. The molecule has 3 atom stereocenters. The van der Waals surface area contributed by atoms with Crippen molar-refractivity contribution in [2.24, 2.45) is 0 Å². The Bertz CT molecular complexity index is 208. The lowest BCUT2D eigenvalue weighted by Crippen LogP contribution is -2.42. The first-order chi connectivity index (χ1) is 6.47. The zero-order valence-corrected chi connectivity index (χ0v) is 9.76. The van der Waals surface area contributed by atoms with Gasteiger partial charge in [0.15, 0.2) is 0 Å². The second-order valence-electron chi connectivity index (χ2n) is 3.43. The minimum atomic E-state index is -0.822. The smallest absolute Gasteiger partial charge is 0.320 e. The standard InChI is InChI=1S/C9H19NO3S/c1-4-8(9(11)12)10-7(2)5-6-14(3)13/h7-8,10H,4-6H2,1-3H3,(H,11,12). The van der Waals surface area contributed by atoms with E-state index < -0.39 is 22.8 Å². The van der Waals surface area contributed by atoms with Crippen molar-refractivity contribution in [1.29, 1.82) is 0 Å². The van der Waals surface area contributed by atoms with Crippen LogP contribution in [-0.2, 0) is 15.6 Å². The van der Waals surface area contributed by atoms with Crippen LogP contribution < -0.4 is 5.32 Å². The zero-order chi connectivity index (χ0) is 11.1. The number of nitrogens with one attached hydrogen (secondary N) is 1. The Labute approximate surface area is 87.5 Å². The highest BCUT2D eigenvalue weighted by Gasteiger charge is 2.16. The predicted octanol–water partition coefficient (Wildman–Crippen LogP) is 0.596. The quantitative estimate of drug-likeness (QED) is 0.660. The summed E-state index contributed by atoms with van der Waals surface area (Å²) in [4.78, 5) is 10.7. The average Bonchev–Trinajstić information content (AvgIpc) is 2.10. The van der Waals surface area contributed by atoms with Crippen molar-refractivity contribution in [3.05, 3.63) is 0 Å². The van der Waals surface area contributed by atoms with Crippen LogP contribution in [0.4, 0.5) is 0 Å². The summed E-state index contributed by atoms with van der Waals surface area (Å²) < 4.78 is 10.8. The molecule has 0 aromatic heterocycles. The molecular weight excluding hydrogens is 202 g/mol. The fraction of sp³-hybridized carbons (Fsp3) is 0.889. The average molecular weight is 221 g/mol. The van der Waals surface area contributed by atoms with Gasteiger partial charge in [-0.1, -0.05) is 6.92 Å². The van der Waals surface area contributed by atoms with E-state index in [-0.39, 0.29) is 6.04 Å². The highest BCUT2D eigenvalue weighted by atomic mass is 32.2. The number of carbonyl (C=O) groups is 1. The molecule has 4 nitrogen and oxygen atoms in total. The van der Waals surface area contributed by atoms with Crippen LogP contribution in [-0.4, -0.2) is 39.4 Å². The molecule has 5 heteroatoms. The Morgan fingerprint density at radius 1 is 1.57 bits per heavy atom. The molecule has 14 heavy (non-hydrogen) atoms. The van der Waals surface area contributed by atoms with Crippen LogP contribution >= 0.6 is 0 Å². The van der Waals surface area contributed by atoms with Gasteiger partial charge < -0.3 is 10.4 Å². The van der Waals surface area contributed by atoms with E-state index in [1.54, 1.807) is 6.26 Å². The van der Waals surface area contributed by atoms with Crippen molar-refractivity contribution in [1.82, 2.24) is 5.32 Å². The van der Waals surface area contributed by atoms with Crippen LogP contribution in [0, 0.1) is 0 Å². The van der Waals surface area contributed by atoms with Gasteiger partial charge in [0.25, 0.3) is 0 Å². The van der Waals surface area contributed by atoms with Crippen molar-refractivity contribution in [3.8, 4) is 0 Å². The molecule has 0 radical (unpaired) electrons. The zero-order valence-electron chi connectivity index (χ0n) is 8.95. The highest BCUT2D eigenvalue weighted by Crippen LogP contribution is 1.98. The maximum Gasteiger partial charge on any atom is 0.320 e. The van der Waals surface area contributed by atoms with Crippen LogP contribution in [0.1, 0.15) is 26.7 Å². The molecule has 84 valence electrons. The van der Waals surface area contributed by atoms with E-state index >= 15 is 0 Å². The van der Waals surface area contributed by atoms with Crippen molar-refractivity contribution >= 4 is 16.8 Å². The number of hydrogen-bond donors (Lipinski definition) is 2. The van der Waals surface area contributed by atoms with Gasteiger partial charge in [0.1, 0.15) is 6.04 Å². The SMILES string of the molecule is CCC(NC(C)CCS(C)=O)C(=O)O. The lowest BCUT2D eigenvalue weighted by molar-refractivity contribution is -0.139. The topological polar surface area (TPSA) is 66.4 Å². The number of hydrogen-bond acceptors (Lipinski definition) is 3.